The lowest BCUT2D eigenvalue weighted by atomic mass is 9.80. The molecule has 0 amide bonds. The van der Waals surface area contributed by atoms with Gasteiger partial charge >= 0.3 is 0 Å². The Kier molecular flexibility index (Phi) is 3.85. The van der Waals surface area contributed by atoms with Gasteiger partial charge in [0, 0.05) is 19.3 Å². The Bertz CT molecular complexity index is 620. The summed E-state index contributed by atoms with van der Waals surface area (Å²) in [6, 6.07) is 0. The number of aromatic amines is 1. The van der Waals surface area contributed by atoms with Gasteiger partial charge < -0.3 is 15.0 Å². The molecule has 0 bridgehead atoms. The van der Waals surface area contributed by atoms with Gasteiger partial charge in [-0.1, -0.05) is 20.8 Å². The maximum absolute atomic E-state index is 5.95. The molecule has 1 saturated heterocycles. The third kappa shape index (κ3) is 2.75. The maximum atomic E-state index is 5.95. The van der Waals surface area contributed by atoms with E-state index in [4.69, 9.17) is 4.74 Å². The molecule has 0 saturated carbocycles. The van der Waals surface area contributed by atoms with Gasteiger partial charge in [0.05, 0.1) is 11.5 Å². The Morgan fingerprint density at radius 1 is 1.43 bits per heavy atom. The average Bonchev–Trinajstić information content (AvgIpc) is 2.89. The van der Waals surface area contributed by atoms with Crippen LogP contribution in [0.2, 0.25) is 0 Å². The third-order valence-electron chi connectivity index (χ3n) is 4.54. The number of nitrogens with one attached hydrogen (secondary N) is 2. The second kappa shape index (κ2) is 5.64. The largest absolute Gasteiger partial charge is 0.376 e. The number of ether oxygens (including phenoxy) is 1. The van der Waals surface area contributed by atoms with Gasteiger partial charge in [-0.3, -0.25) is 0 Å². The van der Waals surface area contributed by atoms with Gasteiger partial charge in [0.25, 0.3) is 0 Å². The average molecular weight is 288 g/mol. The molecule has 1 aliphatic rings. The molecule has 2 N–H and O–H groups in total. The van der Waals surface area contributed by atoms with E-state index in [2.05, 4.69) is 41.0 Å². The van der Waals surface area contributed by atoms with Crippen molar-refractivity contribution in [3.05, 3.63) is 18.1 Å². The molecule has 0 aromatic carbocycles. The highest BCUT2D eigenvalue weighted by molar-refractivity contribution is 5.90. The highest BCUT2D eigenvalue weighted by Gasteiger charge is 2.33. The van der Waals surface area contributed by atoms with Crippen LogP contribution in [-0.2, 0) is 11.2 Å². The molecule has 1 fully saturated rings. The van der Waals surface area contributed by atoms with E-state index < -0.39 is 0 Å². The summed E-state index contributed by atoms with van der Waals surface area (Å²) >= 11 is 0. The normalized spacial score (nSPS) is 21.6. The molecule has 3 rings (SSSR count). The summed E-state index contributed by atoms with van der Waals surface area (Å²) in [5.41, 5.74) is 2.36. The quantitative estimate of drug-likeness (QED) is 0.907. The van der Waals surface area contributed by atoms with Crippen molar-refractivity contribution in [1.82, 2.24) is 15.0 Å². The first-order valence-electron chi connectivity index (χ1n) is 7.78. The van der Waals surface area contributed by atoms with Crippen LogP contribution in [-0.4, -0.2) is 34.2 Å². The maximum Gasteiger partial charge on any atom is 0.143 e. The Balaban J connectivity index is 1.80. The van der Waals surface area contributed by atoms with Crippen molar-refractivity contribution >= 4 is 16.9 Å². The predicted octanol–water partition coefficient (Wildman–Crippen LogP) is 3.14. The molecule has 2 aromatic rings. The van der Waals surface area contributed by atoms with Crippen molar-refractivity contribution in [2.75, 3.05) is 18.5 Å². The van der Waals surface area contributed by atoms with Crippen LogP contribution in [0.4, 0.5) is 5.82 Å². The summed E-state index contributed by atoms with van der Waals surface area (Å²) in [5, 5.41) is 4.58. The molecular weight excluding hydrogens is 264 g/mol. The highest BCUT2D eigenvalue weighted by atomic mass is 16.5. The molecule has 3 heterocycles. The molecule has 5 nitrogen and oxygen atoms in total. The Morgan fingerprint density at radius 3 is 3.05 bits per heavy atom. The van der Waals surface area contributed by atoms with Crippen LogP contribution in [0.25, 0.3) is 11.0 Å². The van der Waals surface area contributed by atoms with E-state index in [1.54, 1.807) is 6.33 Å². The zero-order valence-corrected chi connectivity index (χ0v) is 13.1. The fourth-order valence-corrected chi connectivity index (χ4v) is 3.10. The van der Waals surface area contributed by atoms with Gasteiger partial charge in [0.2, 0.25) is 0 Å². The second-order valence-corrected chi connectivity index (χ2v) is 6.45. The summed E-state index contributed by atoms with van der Waals surface area (Å²) in [6.07, 6.45) is 7.18. The van der Waals surface area contributed by atoms with E-state index in [1.165, 1.54) is 12.0 Å². The first-order valence-corrected chi connectivity index (χ1v) is 7.78. The van der Waals surface area contributed by atoms with Crippen LogP contribution < -0.4 is 5.32 Å². The van der Waals surface area contributed by atoms with Gasteiger partial charge in [0.15, 0.2) is 0 Å². The van der Waals surface area contributed by atoms with E-state index in [1.807, 2.05) is 6.20 Å². The molecule has 2 aromatic heterocycles. The molecule has 21 heavy (non-hydrogen) atoms. The van der Waals surface area contributed by atoms with Crippen LogP contribution in [0, 0.1) is 5.41 Å². The zero-order chi connectivity index (χ0) is 14.9. The molecule has 1 aliphatic heterocycles. The molecule has 0 radical (unpaired) electrons. The summed E-state index contributed by atoms with van der Waals surface area (Å²) in [6.45, 7) is 8.35. The standard InChI is InChI=1S/C16H24N4O/c1-4-11-8-17-14-13(11)15(20-10-19-14)18-9-12-16(2,3)6-5-7-21-12/h8,10,12H,4-7,9H2,1-3H3,(H2,17,18,19,20). The number of aryl methyl sites for hydroxylation is 1. The summed E-state index contributed by atoms with van der Waals surface area (Å²) in [7, 11) is 0. The molecular formula is C16H24N4O. The molecule has 114 valence electrons. The van der Waals surface area contributed by atoms with Crippen molar-refractivity contribution in [1.29, 1.82) is 0 Å². The first kappa shape index (κ1) is 14.3. The molecule has 1 atom stereocenters. The fourth-order valence-electron chi connectivity index (χ4n) is 3.10. The summed E-state index contributed by atoms with van der Waals surface area (Å²) < 4.78 is 5.95. The smallest absolute Gasteiger partial charge is 0.143 e. The minimum Gasteiger partial charge on any atom is -0.376 e. The van der Waals surface area contributed by atoms with Crippen molar-refractivity contribution in [2.24, 2.45) is 5.41 Å². The van der Waals surface area contributed by atoms with E-state index in [-0.39, 0.29) is 11.5 Å². The lowest BCUT2D eigenvalue weighted by Gasteiger charge is -2.38. The Labute approximate surface area is 125 Å². The first-order chi connectivity index (χ1) is 10.1. The third-order valence-corrected chi connectivity index (χ3v) is 4.54. The van der Waals surface area contributed by atoms with Crippen molar-refractivity contribution in [3.63, 3.8) is 0 Å². The number of hydrogen-bond acceptors (Lipinski definition) is 4. The second-order valence-electron chi connectivity index (χ2n) is 6.45. The Morgan fingerprint density at radius 2 is 2.29 bits per heavy atom. The SMILES string of the molecule is CCc1c[nH]c2ncnc(NCC3OCCCC3(C)C)c12. The Hall–Kier alpha value is -1.62. The van der Waals surface area contributed by atoms with Crippen LogP contribution in [0.5, 0.6) is 0 Å². The van der Waals surface area contributed by atoms with Crippen molar-refractivity contribution in [3.8, 4) is 0 Å². The van der Waals surface area contributed by atoms with Crippen LogP contribution in [0.15, 0.2) is 12.5 Å². The number of H-pyrrole nitrogens is 1. The van der Waals surface area contributed by atoms with Crippen molar-refractivity contribution < 1.29 is 4.74 Å². The molecule has 5 heteroatoms. The van der Waals surface area contributed by atoms with E-state index >= 15 is 0 Å². The summed E-state index contributed by atoms with van der Waals surface area (Å²) in [4.78, 5) is 11.9. The van der Waals surface area contributed by atoms with Gasteiger partial charge in [-0.15, -0.1) is 0 Å². The lowest BCUT2D eigenvalue weighted by Crippen LogP contribution is -2.41. The number of rotatable bonds is 4. The molecule has 0 spiro atoms. The number of fused-ring (bicyclic) bond motifs is 1. The summed E-state index contributed by atoms with van der Waals surface area (Å²) in [5.74, 6) is 0.906. The lowest BCUT2D eigenvalue weighted by molar-refractivity contribution is -0.0588. The monoisotopic (exact) mass is 288 g/mol. The van der Waals surface area contributed by atoms with E-state index in [9.17, 15) is 0 Å². The fraction of sp³-hybridized carbons (Fsp3) is 0.625. The number of hydrogen-bond donors (Lipinski definition) is 2. The molecule has 0 aliphatic carbocycles. The number of anilines is 1. The minimum absolute atomic E-state index is 0.211. The van der Waals surface area contributed by atoms with Crippen molar-refractivity contribution in [2.45, 2.75) is 46.1 Å². The number of nitrogens with zero attached hydrogens (tertiary/aromatic N) is 2. The van der Waals surface area contributed by atoms with Gasteiger partial charge in [-0.2, -0.15) is 0 Å². The van der Waals surface area contributed by atoms with Crippen LogP contribution >= 0.6 is 0 Å². The van der Waals surface area contributed by atoms with Gasteiger partial charge in [0.1, 0.15) is 17.8 Å². The van der Waals surface area contributed by atoms with E-state index in [0.29, 0.717) is 0 Å². The zero-order valence-electron chi connectivity index (χ0n) is 13.1. The van der Waals surface area contributed by atoms with Gasteiger partial charge in [-0.25, -0.2) is 9.97 Å². The molecule has 1 unspecified atom stereocenters. The highest BCUT2D eigenvalue weighted by Crippen LogP contribution is 2.33. The van der Waals surface area contributed by atoms with E-state index in [0.717, 1.165) is 42.8 Å². The van der Waals surface area contributed by atoms with Gasteiger partial charge in [-0.05, 0) is 30.2 Å². The topological polar surface area (TPSA) is 62.8 Å². The minimum atomic E-state index is 0.211. The number of aromatic nitrogens is 3. The van der Waals surface area contributed by atoms with Crippen LogP contribution in [0.3, 0.4) is 0 Å². The predicted molar refractivity (Wildman–Crippen MR) is 84.5 cm³/mol. The van der Waals surface area contributed by atoms with Crippen LogP contribution in [0.1, 0.15) is 39.2 Å².